The van der Waals surface area contributed by atoms with Gasteiger partial charge in [0.25, 0.3) is 0 Å². The first-order chi connectivity index (χ1) is 13.2. The monoisotopic (exact) mass is 378 g/mol. The minimum absolute atomic E-state index is 0.680. The Balaban J connectivity index is 1.58. The molecule has 0 aromatic carbocycles. The van der Waals surface area contributed by atoms with Crippen molar-refractivity contribution in [3.05, 3.63) is 95.6 Å². The summed E-state index contributed by atoms with van der Waals surface area (Å²) in [5.41, 5.74) is 4.00. The van der Waals surface area contributed by atoms with Gasteiger partial charge in [-0.3, -0.25) is 0 Å². The van der Waals surface area contributed by atoms with Crippen molar-refractivity contribution in [3.8, 4) is 0 Å². The van der Waals surface area contributed by atoms with Crippen molar-refractivity contribution in [1.29, 1.82) is 0 Å². The van der Waals surface area contributed by atoms with Crippen LogP contribution in [0.2, 0.25) is 5.02 Å². The van der Waals surface area contributed by atoms with E-state index in [2.05, 4.69) is 73.9 Å². The predicted molar refractivity (Wildman–Crippen MR) is 99.1 cm³/mol. The largest absolute Gasteiger partial charge is 0.250 e. The molecule has 0 spiro atoms. The molecule has 6 nitrogen and oxygen atoms in total. The van der Waals surface area contributed by atoms with Crippen molar-refractivity contribution in [2.75, 3.05) is 0 Å². The number of hydrogen-bond donors (Lipinski definition) is 0. The van der Waals surface area contributed by atoms with Gasteiger partial charge in [0, 0.05) is 5.02 Å². The fourth-order valence-corrected chi connectivity index (χ4v) is 3.73. The SMILES string of the molecule is Clc1cc2nc(c1)C[n+]1ccn(c1)Cc1cccc(n1)Cn1cc[n+](c1)C2. The van der Waals surface area contributed by atoms with E-state index < -0.39 is 0 Å². The van der Waals surface area contributed by atoms with Gasteiger partial charge in [0.2, 0.25) is 12.7 Å². The molecule has 0 radical (unpaired) electrons. The Hall–Kier alpha value is -2.99. The highest BCUT2D eigenvalue weighted by Gasteiger charge is 2.13. The summed E-state index contributed by atoms with van der Waals surface area (Å²) in [6, 6.07) is 10.1. The normalized spacial score (nSPS) is 13.5. The van der Waals surface area contributed by atoms with Gasteiger partial charge in [-0.15, -0.1) is 0 Å². The zero-order valence-corrected chi connectivity index (χ0v) is 15.5. The molecule has 5 rings (SSSR count). The lowest BCUT2D eigenvalue weighted by atomic mass is 10.3. The van der Waals surface area contributed by atoms with Gasteiger partial charge < -0.3 is 0 Å². The van der Waals surface area contributed by atoms with Crippen LogP contribution in [0.4, 0.5) is 0 Å². The number of aromatic nitrogens is 6. The van der Waals surface area contributed by atoms with Crippen molar-refractivity contribution in [1.82, 2.24) is 19.1 Å². The molecule has 0 N–H and O–H groups in total. The molecule has 4 aromatic heterocycles. The van der Waals surface area contributed by atoms with E-state index in [1.807, 2.05) is 12.1 Å². The number of hydrogen-bond acceptors (Lipinski definition) is 2. The first kappa shape index (κ1) is 16.2. The van der Waals surface area contributed by atoms with Crippen LogP contribution in [-0.4, -0.2) is 19.1 Å². The van der Waals surface area contributed by atoms with E-state index in [4.69, 9.17) is 21.6 Å². The van der Waals surface area contributed by atoms with E-state index in [0.29, 0.717) is 13.1 Å². The van der Waals surface area contributed by atoms with Crippen LogP contribution in [0.3, 0.4) is 0 Å². The first-order valence-corrected chi connectivity index (χ1v) is 9.27. The van der Waals surface area contributed by atoms with Crippen molar-refractivity contribution < 1.29 is 9.13 Å². The summed E-state index contributed by atoms with van der Waals surface area (Å²) in [6.07, 6.45) is 12.4. The van der Waals surface area contributed by atoms with Gasteiger partial charge >= 0.3 is 0 Å². The van der Waals surface area contributed by atoms with Crippen LogP contribution in [0.25, 0.3) is 0 Å². The summed E-state index contributed by atoms with van der Waals surface area (Å²) < 4.78 is 8.49. The van der Waals surface area contributed by atoms with Crippen LogP contribution < -0.4 is 9.13 Å². The molecule has 7 heteroatoms. The maximum atomic E-state index is 6.34. The fourth-order valence-electron chi connectivity index (χ4n) is 3.48. The molecule has 1 aliphatic rings. The lowest BCUT2D eigenvalue weighted by Gasteiger charge is -2.04. The fraction of sp³-hybridized carbons (Fsp3) is 0.200. The molecule has 0 atom stereocenters. The molecular weight excluding hydrogens is 360 g/mol. The van der Waals surface area contributed by atoms with Gasteiger partial charge in [-0.25, -0.2) is 28.2 Å². The highest BCUT2D eigenvalue weighted by atomic mass is 35.5. The molecule has 0 saturated carbocycles. The van der Waals surface area contributed by atoms with Gasteiger partial charge in [0.05, 0.1) is 22.8 Å². The number of nitrogens with zero attached hydrogens (tertiary/aromatic N) is 6. The Kier molecular flexibility index (Phi) is 3.98. The predicted octanol–water partition coefficient (Wildman–Crippen LogP) is 1.81. The Labute approximate surface area is 161 Å². The second-order valence-corrected chi connectivity index (χ2v) is 7.34. The van der Waals surface area contributed by atoms with E-state index in [1.54, 1.807) is 0 Å². The average Bonchev–Trinajstić information content (AvgIpc) is 3.23. The number of pyridine rings is 2. The summed E-state index contributed by atoms with van der Waals surface area (Å²) in [5, 5.41) is 0.718. The van der Waals surface area contributed by atoms with Crippen molar-refractivity contribution in [2.24, 2.45) is 0 Å². The summed E-state index contributed by atoms with van der Waals surface area (Å²) in [4.78, 5) is 9.61. The molecule has 0 fully saturated rings. The molecule has 0 amide bonds. The minimum Gasteiger partial charge on any atom is -0.250 e. The summed E-state index contributed by atoms with van der Waals surface area (Å²) in [5.74, 6) is 0. The third kappa shape index (κ3) is 3.61. The van der Waals surface area contributed by atoms with E-state index in [-0.39, 0.29) is 0 Å². The van der Waals surface area contributed by atoms with Gasteiger partial charge in [-0.1, -0.05) is 17.7 Å². The maximum Gasteiger partial charge on any atom is 0.244 e. The quantitative estimate of drug-likeness (QED) is 0.386. The molecule has 1 aliphatic heterocycles. The van der Waals surface area contributed by atoms with E-state index >= 15 is 0 Å². The highest BCUT2D eigenvalue weighted by Crippen LogP contribution is 2.12. The van der Waals surface area contributed by atoms with Crippen LogP contribution in [0.15, 0.2) is 67.8 Å². The number of halogens is 1. The molecule has 0 saturated heterocycles. The van der Waals surface area contributed by atoms with Crippen LogP contribution in [0.5, 0.6) is 0 Å². The van der Waals surface area contributed by atoms with E-state index in [1.165, 1.54) is 0 Å². The number of fused-ring (bicyclic) bond motifs is 8. The Morgan fingerprint density at radius 1 is 0.778 bits per heavy atom. The van der Waals surface area contributed by atoms with Crippen molar-refractivity contribution >= 4 is 11.6 Å². The molecule has 8 bridgehead atoms. The lowest BCUT2D eigenvalue weighted by molar-refractivity contribution is -0.689. The first-order valence-electron chi connectivity index (χ1n) is 8.89. The highest BCUT2D eigenvalue weighted by molar-refractivity contribution is 6.30. The Morgan fingerprint density at radius 3 is 1.85 bits per heavy atom. The summed E-state index contributed by atoms with van der Waals surface area (Å²) in [7, 11) is 0. The molecule has 0 unspecified atom stereocenters. The molecule has 27 heavy (non-hydrogen) atoms. The minimum atomic E-state index is 0.680. The third-order valence-corrected chi connectivity index (χ3v) is 4.85. The standard InChI is InChI=1S/C20H19ClN6/c21-16-8-19-12-26-6-4-24(14-26)10-17-2-1-3-18(22-17)11-25-5-7-27(15-25)13-20(9-16)23-19/h1-9,14-15H,10-13H2/q+2. The Morgan fingerprint density at radius 2 is 1.30 bits per heavy atom. The van der Waals surface area contributed by atoms with Gasteiger partial charge in [-0.05, 0) is 24.3 Å². The van der Waals surface area contributed by atoms with Crippen LogP contribution in [-0.2, 0) is 26.2 Å². The van der Waals surface area contributed by atoms with Gasteiger partial charge in [0.15, 0.2) is 0 Å². The van der Waals surface area contributed by atoms with Crippen LogP contribution >= 0.6 is 11.6 Å². The number of rotatable bonds is 0. The maximum absolute atomic E-state index is 6.34. The molecule has 134 valence electrons. The summed E-state index contributed by atoms with van der Waals surface area (Å²) >= 11 is 6.34. The lowest BCUT2D eigenvalue weighted by Crippen LogP contribution is -2.34. The number of imidazole rings is 2. The second-order valence-electron chi connectivity index (χ2n) is 6.90. The molecule has 0 aliphatic carbocycles. The second kappa shape index (κ2) is 6.63. The average molecular weight is 379 g/mol. The Bertz CT molecular complexity index is 1030. The van der Waals surface area contributed by atoms with Gasteiger partial charge in [-0.2, -0.15) is 0 Å². The topological polar surface area (TPSA) is 43.4 Å². The van der Waals surface area contributed by atoms with Crippen molar-refractivity contribution in [3.63, 3.8) is 0 Å². The third-order valence-electron chi connectivity index (χ3n) is 4.63. The van der Waals surface area contributed by atoms with E-state index in [9.17, 15) is 0 Å². The van der Waals surface area contributed by atoms with Crippen LogP contribution in [0.1, 0.15) is 22.8 Å². The summed E-state index contributed by atoms with van der Waals surface area (Å²) in [6.45, 7) is 2.83. The zero-order chi connectivity index (χ0) is 18.2. The van der Waals surface area contributed by atoms with Gasteiger partial charge in [0.1, 0.15) is 51.0 Å². The van der Waals surface area contributed by atoms with Crippen LogP contribution in [0, 0.1) is 0 Å². The molecule has 4 aromatic rings. The van der Waals surface area contributed by atoms with Crippen molar-refractivity contribution in [2.45, 2.75) is 26.2 Å². The molecular formula is C20H19ClN6+2. The smallest absolute Gasteiger partial charge is 0.244 e. The molecule has 5 heterocycles. The van der Waals surface area contributed by atoms with E-state index in [0.717, 1.165) is 40.9 Å². The zero-order valence-electron chi connectivity index (χ0n) is 14.7.